The van der Waals surface area contributed by atoms with E-state index in [0.29, 0.717) is 0 Å². The molecule has 0 atom stereocenters. The molecule has 20 heavy (non-hydrogen) atoms. The molecule has 0 radical (unpaired) electrons. The largest absolute Gasteiger partial charge is 0.305 e. The minimum Gasteiger partial charge on any atom is -0.305 e. The zero-order valence-electron chi connectivity index (χ0n) is 10.9. The highest BCUT2D eigenvalue weighted by molar-refractivity contribution is 7.91. The SMILES string of the molecule is CCS(=O)(=O)CCCN1C(=O)C(=O)c2ccc(F)cc21. The molecule has 0 N–H and O–H groups in total. The second-order valence-corrected chi connectivity index (χ2v) is 7.01. The number of fused-ring (bicyclic) bond motifs is 1. The lowest BCUT2D eigenvalue weighted by atomic mass is 10.1. The first kappa shape index (κ1) is 14.6. The van der Waals surface area contributed by atoms with Gasteiger partial charge < -0.3 is 4.90 Å². The number of benzene rings is 1. The number of sulfone groups is 1. The van der Waals surface area contributed by atoms with Crippen LogP contribution in [0.15, 0.2) is 18.2 Å². The van der Waals surface area contributed by atoms with Crippen molar-refractivity contribution >= 4 is 27.2 Å². The molecular formula is C13H14FNO4S. The van der Waals surface area contributed by atoms with Gasteiger partial charge in [0.15, 0.2) is 0 Å². The normalized spacial score (nSPS) is 14.8. The predicted octanol–water partition coefficient (Wildman–Crippen LogP) is 1.18. The van der Waals surface area contributed by atoms with Crippen LogP contribution in [0, 0.1) is 5.82 Å². The first-order valence-corrected chi connectivity index (χ1v) is 8.04. The van der Waals surface area contributed by atoms with Crippen molar-refractivity contribution < 1.29 is 22.4 Å². The predicted molar refractivity (Wildman–Crippen MR) is 72.0 cm³/mol. The van der Waals surface area contributed by atoms with Crippen molar-refractivity contribution in [3.63, 3.8) is 0 Å². The van der Waals surface area contributed by atoms with Gasteiger partial charge in [-0.15, -0.1) is 0 Å². The topological polar surface area (TPSA) is 71.5 Å². The molecule has 1 aromatic rings. The number of carbonyl (C=O) groups excluding carboxylic acids is 2. The van der Waals surface area contributed by atoms with Crippen molar-refractivity contribution in [1.29, 1.82) is 0 Å². The molecule has 1 amide bonds. The first-order chi connectivity index (χ1) is 9.35. The van der Waals surface area contributed by atoms with Crippen LogP contribution in [-0.2, 0) is 14.6 Å². The molecule has 2 rings (SSSR count). The van der Waals surface area contributed by atoms with E-state index in [4.69, 9.17) is 0 Å². The van der Waals surface area contributed by atoms with Gasteiger partial charge in [0, 0.05) is 12.3 Å². The van der Waals surface area contributed by atoms with Gasteiger partial charge in [0.2, 0.25) is 0 Å². The van der Waals surface area contributed by atoms with Gasteiger partial charge in [0.1, 0.15) is 15.7 Å². The van der Waals surface area contributed by atoms with Crippen LogP contribution in [0.1, 0.15) is 23.7 Å². The van der Waals surface area contributed by atoms with Crippen LogP contribution in [0.4, 0.5) is 10.1 Å². The molecule has 1 heterocycles. The molecule has 108 valence electrons. The molecule has 1 aliphatic rings. The number of anilines is 1. The Balaban J connectivity index is 2.16. The van der Waals surface area contributed by atoms with Gasteiger partial charge >= 0.3 is 0 Å². The highest BCUT2D eigenvalue weighted by Gasteiger charge is 2.35. The Morgan fingerprint density at radius 1 is 1.25 bits per heavy atom. The summed E-state index contributed by atoms with van der Waals surface area (Å²) < 4.78 is 36.0. The zero-order chi connectivity index (χ0) is 14.9. The fraction of sp³-hybridized carbons (Fsp3) is 0.385. The second-order valence-electron chi connectivity index (χ2n) is 4.54. The van der Waals surface area contributed by atoms with Crippen molar-refractivity contribution in [3.05, 3.63) is 29.6 Å². The molecule has 0 aliphatic carbocycles. The summed E-state index contributed by atoms with van der Waals surface area (Å²) in [5.41, 5.74) is 0.378. The van der Waals surface area contributed by atoms with Gasteiger partial charge in [-0.05, 0) is 24.6 Å². The van der Waals surface area contributed by atoms with E-state index >= 15 is 0 Å². The van der Waals surface area contributed by atoms with Gasteiger partial charge in [-0.1, -0.05) is 6.92 Å². The molecule has 5 nitrogen and oxygen atoms in total. The molecule has 1 aliphatic heterocycles. The maximum atomic E-state index is 13.2. The van der Waals surface area contributed by atoms with E-state index in [2.05, 4.69) is 0 Å². The Labute approximate surface area is 116 Å². The third-order valence-electron chi connectivity index (χ3n) is 3.21. The zero-order valence-corrected chi connectivity index (χ0v) is 11.7. The summed E-state index contributed by atoms with van der Waals surface area (Å²) >= 11 is 0. The van der Waals surface area contributed by atoms with Crippen LogP contribution < -0.4 is 4.90 Å². The molecule has 0 spiro atoms. The van der Waals surface area contributed by atoms with Crippen molar-refractivity contribution in [3.8, 4) is 0 Å². The van der Waals surface area contributed by atoms with Crippen molar-refractivity contribution in [1.82, 2.24) is 0 Å². The lowest BCUT2D eigenvalue weighted by Crippen LogP contribution is -2.31. The molecule has 0 saturated carbocycles. The Kier molecular flexibility index (Phi) is 3.89. The molecule has 0 bridgehead atoms. The third-order valence-corrected chi connectivity index (χ3v) is 5.00. The summed E-state index contributed by atoms with van der Waals surface area (Å²) in [4.78, 5) is 24.7. The van der Waals surface area contributed by atoms with Crippen LogP contribution in [0.5, 0.6) is 0 Å². The van der Waals surface area contributed by atoms with Gasteiger partial charge in [-0.2, -0.15) is 0 Å². The van der Waals surface area contributed by atoms with Crippen LogP contribution >= 0.6 is 0 Å². The average molecular weight is 299 g/mol. The van der Waals surface area contributed by atoms with E-state index in [-0.39, 0.29) is 35.7 Å². The van der Waals surface area contributed by atoms with Crippen LogP contribution in [0.25, 0.3) is 0 Å². The molecule has 1 aromatic carbocycles. The maximum Gasteiger partial charge on any atom is 0.299 e. The maximum absolute atomic E-state index is 13.2. The van der Waals surface area contributed by atoms with E-state index < -0.39 is 27.3 Å². The van der Waals surface area contributed by atoms with Gasteiger partial charge in [-0.25, -0.2) is 12.8 Å². The summed E-state index contributed by atoms with van der Waals surface area (Å²) in [5, 5.41) is 0. The Hall–Kier alpha value is -1.76. The summed E-state index contributed by atoms with van der Waals surface area (Å²) in [6, 6.07) is 3.51. The molecule has 0 fully saturated rings. The number of hydrogen-bond donors (Lipinski definition) is 0. The average Bonchev–Trinajstić information content (AvgIpc) is 2.63. The Morgan fingerprint density at radius 3 is 2.60 bits per heavy atom. The van der Waals surface area contributed by atoms with E-state index in [1.807, 2.05) is 0 Å². The lowest BCUT2D eigenvalue weighted by Gasteiger charge is -2.16. The van der Waals surface area contributed by atoms with E-state index in [9.17, 15) is 22.4 Å². The summed E-state index contributed by atoms with van der Waals surface area (Å²) in [6.07, 6.45) is 0.213. The van der Waals surface area contributed by atoms with E-state index in [1.54, 1.807) is 6.92 Å². The lowest BCUT2D eigenvalue weighted by molar-refractivity contribution is -0.114. The third kappa shape index (κ3) is 2.72. The highest BCUT2D eigenvalue weighted by Crippen LogP contribution is 2.29. The van der Waals surface area contributed by atoms with Crippen LogP contribution in [0.3, 0.4) is 0 Å². The molecule has 0 saturated heterocycles. The Morgan fingerprint density at radius 2 is 1.95 bits per heavy atom. The Bertz CT molecular complexity index is 669. The minimum atomic E-state index is -3.12. The first-order valence-electron chi connectivity index (χ1n) is 6.22. The molecular weight excluding hydrogens is 285 g/mol. The summed E-state index contributed by atoms with van der Waals surface area (Å²) in [6.45, 7) is 1.63. The summed E-state index contributed by atoms with van der Waals surface area (Å²) in [5.74, 6) is -1.99. The number of rotatable bonds is 5. The molecule has 0 aromatic heterocycles. The number of carbonyl (C=O) groups is 2. The van der Waals surface area contributed by atoms with Crippen molar-refractivity contribution in [2.75, 3.05) is 23.0 Å². The van der Waals surface area contributed by atoms with Crippen molar-refractivity contribution in [2.24, 2.45) is 0 Å². The number of amides is 1. The highest BCUT2D eigenvalue weighted by atomic mass is 32.2. The summed E-state index contributed by atoms with van der Waals surface area (Å²) in [7, 11) is -3.12. The molecule has 0 unspecified atom stereocenters. The number of ketones is 1. The molecule has 7 heteroatoms. The van der Waals surface area contributed by atoms with Crippen LogP contribution in [0.2, 0.25) is 0 Å². The van der Waals surface area contributed by atoms with Crippen LogP contribution in [-0.4, -0.2) is 38.2 Å². The number of halogens is 1. The second kappa shape index (κ2) is 5.32. The monoisotopic (exact) mass is 299 g/mol. The fourth-order valence-corrected chi connectivity index (χ4v) is 2.93. The quantitative estimate of drug-likeness (QED) is 0.765. The number of nitrogens with zero attached hydrogens (tertiary/aromatic N) is 1. The number of hydrogen-bond acceptors (Lipinski definition) is 4. The van der Waals surface area contributed by atoms with Gasteiger partial charge in [0.25, 0.3) is 11.7 Å². The van der Waals surface area contributed by atoms with Gasteiger partial charge in [0.05, 0.1) is 17.0 Å². The standard InChI is InChI=1S/C13H14FNO4S/c1-2-20(18,19)7-3-6-15-11-8-9(14)4-5-10(11)12(16)13(15)17/h4-5,8H,2-3,6-7H2,1H3. The minimum absolute atomic E-state index is 0.0328. The smallest absolute Gasteiger partial charge is 0.299 e. The number of Topliss-reactive ketones (excluding diaryl/α,β-unsaturated/α-hetero) is 1. The fourth-order valence-electron chi connectivity index (χ4n) is 2.08. The van der Waals surface area contributed by atoms with E-state index in [0.717, 1.165) is 17.0 Å². The van der Waals surface area contributed by atoms with Crippen molar-refractivity contribution in [2.45, 2.75) is 13.3 Å². The van der Waals surface area contributed by atoms with E-state index in [1.165, 1.54) is 6.07 Å². The van der Waals surface area contributed by atoms with Gasteiger partial charge in [-0.3, -0.25) is 9.59 Å².